The van der Waals surface area contributed by atoms with Gasteiger partial charge in [0.05, 0.1) is 10.0 Å². The van der Waals surface area contributed by atoms with Gasteiger partial charge in [0.25, 0.3) is 0 Å². The maximum Gasteiger partial charge on any atom is 0.222 e. The Morgan fingerprint density at radius 1 is 1.48 bits per heavy atom. The van der Waals surface area contributed by atoms with Gasteiger partial charge in [0.2, 0.25) is 5.91 Å². The summed E-state index contributed by atoms with van der Waals surface area (Å²) in [6, 6.07) is 5.68. The van der Waals surface area contributed by atoms with Crippen LogP contribution in [-0.4, -0.2) is 29.9 Å². The van der Waals surface area contributed by atoms with Gasteiger partial charge in [-0.1, -0.05) is 35.3 Å². The van der Waals surface area contributed by atoms with Gasteiger partial charge >= 0.3 is 0 Å². The second kappa shape index (κ2) is 7.48. The fraction of sp³-hybridized carbons (Fsp3) is 0.562. The van der Waals surface area contributed by atoms with Crippen molar-refractivity contribution in [3.05, 3.63) is 33.8 Å². The molecule has 1 fully saturated rings. The fourth-order valence-corrected chi connectivity index (χ4v) is 3.22. The minimum absolute atomic E-state index is 0.142. The molecule has 1 aliphatic rings. The van der Waals surface area contributed by atoms with Crippen molar-refractivity contribution in [1.29, 1.82) is 0 Å². The Labute approximate surface area is 136 Å². The first kappa shape index (κ1) is 16.6. The number of hydrogen-bond acceptors (Lipinski definition) is 2. The van der Waals surface area contributed by atoms with Gasteiger partial charge in [-0.05, 0) is 43.7 Å². The van der Waals surface area contributed by atoms with Gasteiger partial charge < -0.3 is 10.6 Å². The van der Waals surface area contributed by atoms with Crippen molar-refractivity contribution in [2.75, 3.05) is 13.1 Å². The molecular weight excluding hydrogens is 307 g/mol. The lowest BCUT2D eigenvalue weighted by Crippen LogP contribution is -2.45. The molecule has 1 aromatic rings. The van der Waals surface area contributed by atoms with Crippen LogP contribution in [0.2, 0.25) is 10.0 Å². The van der Waals surface area contributed by atoms with Gasteiger partial charge in [-0.2, -0.15) is 0 Å². The second-order valence-corrected chi connectivity index (χ2v) is 6.60. The van der Waals surface area contributed by atoms with E-state index in [4.69, 9.17) is 28.9 Å². The van der Waals surface area contributed by atoms with E-state index in [1.807, 2.05) is 24.0 Å². The summed E-state index contributed by atoms with van der Waals surface area (Å²) < 4.78 is 0. The number of piperidine rings is 1. The zero-order valence-electron chi connectivity index (χ0n) is 12.3. The number of halogens is 2. The zero-order chi connectivity index (χ0) is 15.4. The third-order valence-corrected chi connectivity index (χ3v) is 5.05. The Balaban J connectivity index is 1.91. The molecule has 21 heavy (non-hydrogen) atoms. The first-order valence-corrected chi connectivity index (χ1v) is 8.21. The van der Waals surface area contributed by atoms with E-state index in [0.717, 1.165) is 31.5 Å². The highest BCUT2D eigenvalue weighted by Gasteiger charge is 2.25. The van der Waals surface area contributed by atoms with E-state index in [-0.39, 0.29) is 11.9 Å². The van der Waals surface area contributed by atoms with E-state index < -0.39 is 0 Å². The van der Waals surface area contributed by atoms with E-state index in [2.05, 4.69) is 0 Å². The van der Waals surface area contributed by atoms with E-state index in [1.54, 1.807) is 6.07 Å². The molecule has 1 saturated heterocycles. The standard InChI is InChI=1S/C16H22Cl2N2O/c1-11(19)13-5-3-9-20(10-13)15(21)8-7-12-4-2-6-14(17)16(12)18/h2,4,6,11,13H,3,5,7-10,19H2,1H3/t11-,13+/m1/s1. The quantitative estimate of drug-likeness (QED) is 0.919. The number of benzene rings is 1. The number of nitrogens with zero attached hydrogens (tertiary/aromatic N) is 1. The number of nitrogens with two attached hydrogens (primary N) is 1. The van der Waals surface area contributed by atoms with Crippen LogP contribution in [0.5, 0.6) is 0 Å². The summed E-state index contributed by atoms with van der Waals surface area (Å²) >= 11 is 12.1. The number of hydrogen-bond donors (Lipinski definition) is 1. The molecule has 0 aromatic heterocycles. The van der Waals surface area contributed by atoms with Gasteiger partial charge in [-0.25, -0.2) is 0 Å². The van der Waals surface area contributed by atoms with Gasteiger partial charge in [-0.3, -0.25) is 4.79 Å². The van der Waals surface area contributed by atoms with Crippen LogP contribution in [0.1, 0.15) is 31.7 Å². The highest BCUT2D eigenvalue weighted by Crippen LogP contribution is 2.27. The highest BCUT2D eigenvalue weighted by molar-refractivity contribution is 6.42. The van der Waals surface area contributed by atoms with Crippen molar-refractivity contribution < 1.29 is 4.79 Å². The van der Waals surface area contributed by atoms with Crippen LogP contribution in [0, 0.1) is 5.92 Å². The first-order valence-electron chi connectivity index (χ1n) is 7.45. The Hall–Kier alpha value is -0.770. The van der Waals surface area contributed by atoms with Crippen molar-refractivity contribution in [3.8, 4) is 0 Å². The largest absolute Gasteiger partial charge is 0.342 e. The lowest BCUT2D eigenvalue weighted by atomic mass is 9.92. The van der Waals surface area contributed by atoms with E-state index in [1.165, 1.54) is 0 Å². The molecule has 1 heterocycles. The summed E-state index contributed by atoms with van der Waals surface area (Å²) in [4.78, 5) is 14.3. The first-order chi connectivity index (χ1) is 9.99. The van der Waals surface area contributed by atoms with Crippen LogP contribution in [0.4, 0.5) is 0 Å². The van der Waals surface area contributed by atoms with Crippen molar-refractivity contribution in [3.63, 3.8) is 0 Å². The number of carbonyl (C=O) groups is 1. The summed E-state index contributed by atoms with van der Waals surface area (Å²) in [5.74, 6) is 0.592. The smallest absolute Gasteiger partial charge is 0.222 e. The lowest BCUT2D eigenvalue weighted by molar-refractivity contribution is -0.133. The topological polar surface area (TPSA) is 46.3 Å². The van der Waals surface area contributed by atoms with E-state index >= 15 is 0 Å². The molecule has 0 unspecified atom stereocenters. The Kier molecular flexibility index (Phi) is 5.91. The summed E-state index contributed by atoms with van der Waals surface area (Å²) in [7, 11) is 0. The average molecular weight is 329 g/mol. The summed E-state index contributed by atoms with van der Waals surface area (Å²) in [5, 5.41) is 1.09. The van der Waals surface area contributed by atoms with Gasteiger partial charge in [0.15, 0.2) is 0 Å². The summed E-state index contributed by atoms with van der Waals surface area (Å²) in [6.07, 6.45) is 3.24. The Morgan fingerprint density at radius 3 is 2.95 bits per heavy atom. The summed E-state index contributed by atoms with van der Waals surface area (Å²) in [6.45, 7) is 3.63. The number of aryl methyl sites for hydroxylation is 1. The zero-order valence-corrected chi connectivity index (χ0v) is 13.8. The molecule has 2 atom stereocenters. The molecule has 2 N–H and O–H groups in total. The molecule has 1 amide bonds. The number of carbonyl (C=O) groups excluding carboxylic acids is 1. The van der Waals surface area contributed by atoms with Gasteiger partial charge in [-0.15, -0.1) is 0 Å². The fourth-order valence-electron chi connectivity index (χ4n) is 2.81. The molecular formula is C16H22Cl2N2O. The van der Waals surface area contributed by atoms with Crippen LogP contribution in [0.15, 0.2) is 18.2 Å². The van der Waals surface area contributed by atoms with Crippen LogP contribution in [0.25, 0.3) is 0 Å². The minimum atomic E-state index is 0.142. The molecule has 0 spiro atoms. The normalized spacial score (nSPS) is 20.4. The third kappa shape index (κ3) is 4.35. The van der Waals surface area contributed by atoms with Gasteiger partial charge in [0.1, 0.15) is 0 Å². The molecule has 116 valence electrons. The SMILES string of the molecule is C[C@@H](N)[C@H]1CCCN(C(=O)CCc2cccc(Cl)c2Cl)C1. The maximum atomic E-state index is 12.3. The number of likely N-dealkylation sites (tertiary alicyclic amines) is 1. The van der Waals surface area contributed by atoms with Crippen LogP contribution in [-0.2, 0) is 11.2 Å². The summed E-state index contributed by atoms with van der Waals surface area (Å²) in [5.41, 5.74) is 6.89. The maximum absolute atomic E-state index is 12.3. The second-order valence-electron chi connectivity index (χ2n) is 5.81. The van der Waals surface area contributed by atoms with Crippen LogP contribution in [0.3, 0.4) is 0 Å². The van der Waals surface area contributed by atoms with Crippen molar-refractivity contribution in [1.82, 2.24) is 4.90 Å². The highest BCUT2D eigenvalue weighted by atomic mass is 35.5. The van der Waals surface area contributed by atoms with Crippen molar-refractivity contribution in [2.45, 2.75) is 38.6 Å². The predicted octanol–water partition coefficient (Wildman–Crippen LogP) is 3.51. The minimum Gasteiger partial charge on any atom is -0.342 e. The molecule has 0 bridgehead atoms. The molecule has 1 aromatic carbocycles. The van der Waals surface area contributed by atoms with Crippen molar-refractivity contribution >= 4 is 29.1 Å². The molecule has 3 nitrogen and oxygen atoms in total. The van der Waals surface area contributed by atoms with Crippen LogP contribution < -0.4 is 5.73 Å². The monoisotopic (exact) mass is 328 g/mol. The Morgan fingerprint density at radius 2 is 2.24 bits per heavy atom. The van der Waals surface area contributed by atoms with E-state index in [0.29, 0.717) is 28.8 Å². The van der Waals surface area contributed by atoms with Gasteiger partial charge in [0, 0.05) is 25.6 Å². The van der Waals surface area contributed by atoms with E-state index in [9.17, 15) is 4.79 Å². The molecule has 0 radical (unpaired) electrons. The lowest BCUT2D eigenvalue weighted by Gasteiger charge is -2.34. The van der Waals surface area contributed by atoms with Crippen molar-refractivity contribution in [2.24, 2.45) is 11.7 Å². The molecule has 0 aliphatic carbocycles. The molecule has 2 rings (SSSR count). The Bertz CT molecular complexity index is 505. The average Bonchev–Trinajstić information content (AvgIpc) is 2.48. The predicted molar refractivity (Wildman–Crippen MR) is 87.7 cm³/mol. The van der Waals surface area contributed by atoms with Crippen LogP contribution >= 0.6 is 23.2 Å². The molecule has 1 aliphatic heterocycles. The molecule has 0 saturated carbocycles. The number of amides is 1. The molecule has 5 heteroatoms. The number of rotatable bonds is 4. The third-order valence-electron chi connectivity index (χ3n) is 4.19.